The summed E-state index contributed by atoms with van der Waals surface area (Å²) in [5, 5.41) is 0.186. The van der Waals surface area contributed by atoms with Crippen LogP contribution in [0.25, 0.3) is 0 Å². The lowest BCUT2D eigenvalue weighted by Gasteiger charge is -2.39. The fraction of sp³-hybridized carbons (Fsp3) is 0.632. The normalized spacial score (nSPS) is 30.9. The van der Waals surface area contributed by atoms with Gasteiger partial charge >= 0.3 is 0 Å². The topological polar surface area (TPSA) is 17.1 Å². The second-order valence-corrected chi connectivity index (χ2v) is 7.28. The van der Waals surface area contributed by atoms with Crippen LogP contribution in [0.4, 0.5) is 0 Å². The Labute approximate surface area is 134 Å². The minimum atomic E-state index is 0.186. The number of halogens is 1. The Morgan fingerprint density at radius 3 is 2.48 bits per heavy atom. The van der Waals surface area contributed by atoms with Crippen molar-refractivity contribution < 1.29 is 4.79 Å². The third-order valence-electron chi connectivity index (χ3n) is 5.14. The molecular weight excluding hydrogens is 280 g/mol. The number of rotatable bonds is 5. The van der Waals surface area contributed by atoms with Crippen LogP contribution in [0.5, 0.6) is 0 Å². The van der Waals surface area contributed by atoms with Crippen molar-refractivity contribution in [3.8, 4) is 0 Å². The highest BCUT2D eigenvalue weighted by atomic mass is 35.5. The smallest absolute Gasteiger partial charge is 0.132 e. The Bertz CT molecular complexity index is 444. The maximum atomic E-state index is 11.7. The van der Waals surface area contributed by atoms with Gasteiger partial charge in [0, 0.05) is 17.2 Å². The predicted octanol–water partition coefficient (Wildman–Crippen LogP) is 5.43. The maximum Gasteiger partial charge on any atom is 0.132 e. The molecule has 2 heteroatoms. The first-order valence-corrected chi connectivity index (χ1v) is 8.66. The van der Waals surface area contributed by atoms with Crippen LogP contribution in [0.3, 0.4) is 0 Å². The summed E-state index contributed by atoms with van der Waals surface area (Å²) in [6.07, 6.45) is 4.19. The zero-order chi connectivity index (χ0) is 15.4. The van der Waals surface area contributed by atoms with Gasteiger partial charge in [-0.3, -0.25) is 4.79 Å². The summed E-state index contributed by atoms with van der Waals surface area (Å²) in [6.45, 7) is 6.16. The Kier molecular flexibility index (Phi) is 5.87. The van der Waals surface area contributed by atoms with E-state index in [-0.39, 0.29) is 11.3 Å². The van der Waals surface area contributed by atoms with E-state index in [1.54, 1.807) is 6.92 Å². The molecule has 5 atom stereocenters. The number of carbonyl (C=O) groups excluding carboxylic acids is 1. The van der Waals surface area contributed by atoms with Crippen molar-refractivity contribution in [3.63, 3.8) is 0 Å². The third kappa shape index (κ3) is 4.10. The number of hydrogen-bond donors (Lipinski definition) is 0. The van der Waals surface area contributed by atoms with Crippen LogP contribution in [0.15, 0.2) is 30.3 Å². The molecule has 0 aromatic heterocycles. The summed E-state index contributed by atoms with van der Waals surface area (Å²) in [5.74, 6) is 2.18. The lowest BCUT2D eigenvalue weighted by Crippen LogP contribution is -2.32. The molecule has 0 heterocycles. The summed E-state index contributed by atoms with van der Waals surface area (Å²) in [4.78, 5) is 11.7. The maximum absolute atomic E-state index is 11.7. The van der Waals surface area contributed by atoms with E-state index in [0.29, 0.717) is 23.5 Å². The first-order valence-electron chi connectivity index (χ1n) is 8.22. The van der Waals surface area contributed by atoms with Crippen LogP contribution in [-0.2, 0) is 4.79 Å². The number of benzene rings is 1. The second kappa shape index (κ2) is 7.45. The quantitative estimate of drug-likeness (QED) is 0.663. The lowest BCUT2D eigenvalue weighted by atomic mass is 9.69. The molecule has 1 aliphatic carbocycles. The molecule has 0 saturated heterocycles. The summed E-state index contributed by atoms with van der Waals surface area (Å²) < 4.78 is 0. The second-order valence-electron chi connectivity index (χ2n) is 6.72. The van der Waals surface area contributed by atoms with Crippen molar-refractivity contribution in [1.82, 2.24) is 0 Å². The Morgan fingerprint density at radius 2 is 1.95 bits per heavy atom. The largest absolute Gasteiger partial charge is 0.300 e. The zero-order valence-corrected chi connectivity index (χ0v) is 14.1. The lowest BCUT2D eigenvalue weighted by molar-refractivity contribution is -0.121. The third-order valence-corrected chi connectivity index (χ3v) is 5.59. The summed E-state index contributed by atoms with van der Waals surface area (Å²) in [5.41, 5.74) is 1.36. The van der Waals surface area contributed by atoms with Gasteiger partial charge in [-0.25, -0.2) is 0 Å². The molecule has 116 valence electrons. The fourth-order valence-corrected chi connectivity index (χ4v) is 4.66. The van der Waals surface area contributed by atoms with Gasteiger partial charge in [-0.15, -0.1) is 11.6 Å². The molecular formula is C19H27ClO. The van der Waals surface area contributed by atoms with Gasteiger partial charge in [0.25, 0.3) is 0 Å². The molecule has 1 aromatic carbocycles. The molecule has 1 saturated carbocycles. The minimum Gasteiger partial charge on any atom is -0.300 e. The first kappa shape index (κ1) is 16.5. The highest BCUT2D eigenvalue weighted by Gasteiger charge is 2.36. The number of alkyl halides is 1. The van der Waals surface area contributed by atoms with Crippen LogP contribution < -0.4 is 0 Å². The molecule has 5 unspecified atom stereocenters. The van der Waals surface area contributed by atoms with E-state index in [0.717, 1.165) is 19.3 Å². The number of ketones is 1. The fourth-order valence-electron chi connectivity index (χ4n) is 4.02. The van der Waals surface area contributed by atoms with Crippen LogP contribution in [0.1, 0.15) is 57.9 Å². The molecule has 0 bridgehead atoms. The molecule has 21 heavy (non-hydrogen) atoms. The standard InChI is InChI=1S/C19H27ClO/c1-4-16(14(3)21)11-15-10-13(2)19(18(20)12-15)17-8-6-5-7-9-17/h5-9,13,15-16,18-19H,4,10-12H2,1-3H3. The highest BCUT2D eigenvalue weighted by Crippen LogP contribution is 2.45. The van der Waals surface area contributed by atoms with Crippen LogP contribution in [0.2, 0.25) is 0 Å². The van der Waals surface area contributed by atoms with E-state index in [1.807, 2.05) is 0 Å². The average Bonchev–Trinajstić information content (AvgIpc) is 2.45. The molecule has 0 spiro atoms. The SMILES string of the molecule is CCC(CC1CC(C)C(c2ccccc2)C(Cl)C1)C(C)=O. The van der Waals surface area contributed by atoms with Gasteiger partial charge in [-0.05, 0) is 50.0 Å². The molecule has 1 nitrogen and oxygen atoms in total. The molecule has 0 N–H and O–H groups in total. The van der Waals surface area contributed by atoms with E-state index >= 15 is 0 Å². The monoisotopic (exact) mass is 306 g/mol. The van der Waals surface area contributed by atoms with Gasteiger partial charge in [-0.2, -0.15) is 0 Å². The molecule has 1 aromatic rings. The Balaban J connectivity index is 2.03. The number of Topliss-reactive ketones (excluding diaryl/α,β-unsaturated/α-hetero) is 1. The molecule has 0 aliphatic heterocycles. The van der Waals surface area contributed by atoms with Crippen molar-refractivity contribution in [3.05, 3.63) is 35.9 Å². The summed E-state index contributed by atoms with van der Waals surface area (Å²) in [6, 6.07) is 10.6. The van der Waals surface area contributed by atoms with Gasteiger partial charge in [0.15, 0.2) is 0 Å². The Morgan fingerprint density at radius 1 is 1.29 bits per heavy atom. The van der Waals surface area contributed by atoms with Crippen LogP contribution >= 0.6 is 11.6 Å². The molecule has 1 fully saturated rings. The van der Waals surface area contributed by atoms with Crippen molar-refractivity contribution in [1.29, 1.82) is 0 Å². The molecule has 0 radical (unpaired) electrons. The van der Waals surface area contributed by atoms with Gasteiger partial charge in [-0.1, -0.05) is 44.2 Å². The van der Waals surface area contributed by atoms with Crippen molar-refractivity contribution >= 4 is 17.4 Å². The Hall–Kier alpha value is -0.820. The van der Waals surface area contributed by atoms with Gasteiger partial charge in [0.2, 0.25) is 0 Å². The van der Waals surface area contributed by atoms with Gasteiger partial charge in [0.1, 0.15) is 5.78 Å². The van der Waals surface area contributed by atoms with E-state index in [9.17, 15) is 4.79 Å². The predicted molar refractivity (Wildman–Crippen MR) is 89.8 cm³/mol. The number of carbonyl (C=O) groups is 1. The van der Waals surface area contributed by atoms with Gasteiger partial charge in [0.05, 0.1) is 0 Å². The minimum absolute atomic E-state index is 0.186. The molecule has 1 aliphatic rings. The van der Waals surface area contributed by atoms with Crippen molar-refractivity contribution in [2.24, 2.45) is 17.8 Å². The van der Waals surface area contributed by atoms with Crippen LogP contribution in [-0.4, -0.2) is 11.2 Å². The van der Waals surface area contributed by atoms with Gasteiger partial charge < -0.3 is 0 Å². The average molecular weight is 307 g/mol. The van der Waals surface area contributed by atoms with E-state index in [4.69, 9.17) is 11.6 Å². The number of hydrogen-bond acceptors (Lipinski definition) is 1. The molecule has 2 rings (SSSR count). The highest BCUT2D eigenvalue weighted by molar-refractivity contribution is 6.21. The van der Waals surface area contributed by atoms with Crippen molar-refractivity contribution in [2.75, 3.05) is 0 Å². The zero-order valence-electron chi connectivity index (χ0n) is 13.4. The van der Waals surface area contributed by atoms with E-state index in [2.05, 4.69) is 44.2 Å². The summed E-state index contributed by atoms with van der Waals surface area (Å²) in [7, 11) is 0. The summed E-state index contributed by atoms with van der Waals surface area (Å²) >= 11 is 6.73. The van der Waals surface area contributed by atoms with E-state index < -0.39 is 0 Å². The molecule has 0 amide bonds. The van der Waals surface area contributed by atoms with E-state index in [1.165, 1.54) is 12.0 Å². The first-order chi connectivity index (χ1) is 10.0. The van der Waals surface area contributed by atoms with Crippen LogP contribution in [0, 0.1) is 17.8 Å². The van der Waals surface area contributed by atoms with Crippen molar-refractivity contribution in [2.45, 2.75) is 57.7 Å².